The molecule has 1 amide bonds. The molecule has 0 radical (unpaired) electrons. The Balaban J connectivity index is 2.17. The van der Waals surface area contributed by atoms with Crippen molar-refractivity contribution in [3.63, 3.8) is 0 Å². The Bertz CT molecular complexity index is 496. The number of hydrogen-bond acceptors (Lipinski definition) is 5. The van der Waals surface area contributed by atoms with E-state index in [4.69, 9.17) is 10.5 Å². The number of aryl methyl sites for hydroxylation is 1. The Hall–Kier alpha value is -1.69. The Labute approximate surface area is 125 Å². The molecule has 1 saturated carbocycles. The normalized spacial score (nSPS) is 17.9. The van der Waals surface area contributed by atoms with Crippen LogP contribution in [0.15, 0.2) is 6.07 Å². The third-order valence-corrected chi connectivity index (χ3v) is 4.20. The quantitative estimate of drug-likeness (QED) is 0.829. The van der Waals surface area contributed by atoms with Gasteiger partial charge in [0.2, 0.25) is 17.7 Å². The van der Waals surface area contributed by atoms with E-state index < -0.39 is 5.41 Å². The summed E-state index contributed by atoms with van der Waals surface area (Å²) in [6.07, 6.45) is 6.09. The van der Waals surface area contributed by atoms with Crippen LogP contribution in [0.5, 0.6) is 5.88 Å². The Kier molecular flexibility index (Phi) is 5.12. The summed E-state index contributed by atoms with van der Waals surface area (Å²) >= 11 is 0. The first-order chi connectivity index (χ1) is 10.1. The van der Waals surface area contributed by atoms with Crippen LogP contribution in [-0.4, -0.2) is 29.5 Å². The average Bonchev–Trinajstić information content (AvgIpc) is 2.73. The van der Waals surface area contributed by atoms with Crippen molar-refractivity contribution in [2.24, 2.45) is 11.1 Å². The van der Waals surface area contributed by atoms with Gasteiger partial charge in [0.25, 0.3) is 0 Å². The number of ether oxygens (including phenoxy) is 1. The maximum absolute atomic E-state index is 12.7. The minimum absolute atomic E-state index is 0.0699. The van der Waals surface area contributed by atoms with Crippen LogP contribution < -0.4 is 15.8 Å². The van der Waals surface area contributed by atoms with Crippen LogP contribution in [0.2, 0.25) is 0 Å². The van der Waals surface area contributed by atoms with Gasteiger partial charge in [0.1, 0.15) is 0 Å². The summed E-state index contributed by atoms with van der Waals surface area (Å²) in [4.78, 5) is 21.1. The fourth-order valence-corrected chi connectivity index (χ4v) is 2.86. The van der Waals surface area contributed by atoms with Gasteiger partial charge in [-0.2, -0.15) is 4.98 Å². The first-order valence-electron chi connectivity index (χ1n) is 7.51. The van der Waals surface area contributed by atoms with Crippen molar-refractivity contribution in [2.75, 3.05) is 19.0 Å². The lowest BCUT2D eigenvalue weighted by Gasteiger charge is -2.29. The fourth-order valence-electron chi connectivity index (χ4n) is 2.86. The van der Waals surface area contributed by atoms with Crippen molar-refractivity contribution in [3.8, 4) is 5.88 Å². The van der Waals surface area contributed by atoms with Crippen LogP contribution in [0.4, 0.5) is 5.95 Å². The second-order valence-electron chi connectivity index (χ2n) is 5.73. The van der Waals surface area contributed by atoms with E-state index in [1.54, 1.807) is 13.2 Å². The van der Waals surface area contributed by atoms with Gasteiger partial charge >= 0.3 is 0 Å². The van der Waals surface area contributed by atoms with Gasteiger partial charge in [-0.25, -0.2) is 4.98 Å². The molecule has 1 aromatic heterocycles. The SMILES string of the molecule is COc1cc(C)nc(NC(=O)C2(CN)CCCCCC2)n1. The first-order valence-corrected chi connectivity index (χ1v) is 7.51. The van der Waals surface area contributed by atoms with E-state index in [1.807, 2.05) is 6.92 Å². The standard InChI is InChI=1S/C15H24N4O2/c1-11-9-12(21-2)18-14(17-11)19-13(20)15(10-16)7-5-3-4-6-8-15/h9H,3-8,10,16H2,1-2H3,(H,17,18,19,20). The molecule has 0 spiro atoms. The third kappa shape index (κ3) is 3.69. The molecule has 1 fully saturated rings. The van der Waals surface area contributed by atoms with E-state index >= 15 is 0 Å². The average molecular weight is 292 g/mol. The topological polar surface area (TPSA) is 90.1 Å². The molecule has 0 bridgehead atoms. The van der Waals surface area contributed by atoms with Crippen LogP contribution in [0.3, 0.4) is 0 Å². The van der Waals surface area contributed by atoms with Gasteiger partial charge < -0.3 is 10.5 Å². The maximum atomic E-state index is 12.7. The highest BCUT2D eigenvalue weighted by Crippen LogP contribution is 2.35. The first kappa shape index (κ1) is 15.7. The number of amides is 1. The Morgan fingerprint density at radius 3 is 2.57 bits per heavy atom. The molecule has 1 aliphatic carbocycles. The van der Waals surface area contributed by atoms with Gasteiger partial charge in [0.05, 0.1) is 12.5 Å². The second-order valence-corrected chi connectivity index (χ2v) is 5.73. The number of nitrogens with one attached hydrogen (secondary N) is 1. The van der Waals surface area contributed by atoms with Crippen molar-refractivity contribution < 1.29 is 9.53 Å². The molecule has 0 unspecified atom stereocenters. The highest BCUT2D eigenvalue weighted by Gasteiger charge is 2.37. The minimum Gasteiger partial charge on any atom is -0.481 e. The van der Waals surface area contributed by atoms with Crippen LogP contribution in [-0.2, 0) is 4.79 Å². The summed E-state index contributed by atoms with van der Waals surface area (Å²) in [5, 5.41) is 2.83. The number of methoxy groups -OCH3 is 1. The Morgan fingerprint density at radius 2 is 2.00 bits per heavy atom. The van der Waals surface area contributed by atoms with Crippen LogP contribution >= 0.6 is 0 Å². The van der Waals surface area contributed by atoms with Crippen molar-refractivity contribution in [1.82, 2.24) is 9.97 Å². The molecule has 0 aromatic carbocycles. The van der Waals surface area contributed by atoms with E-state index in [0.29, 0.717) is 12.4 Å². The lowest BCUT2D eigenvalue weighted by molar-refractivity contribution is -0.125. The highest BCUT2D eigenvalue weighted by molar-refractivity contribution is 5.94. The summed E-state index contributed by atoms with van der Waals surface area (Å²) in [5.41, 5.74) is 6.18. The molecule has 2 rings (SSSR count). The van der Waals surface area contributed by atoms with E-state index in [9.17, 15) is 4.79 Å². The summed E-state index contributed by atoms with van der Waals surface area (Å²) in [7, 11) is 1.54. The molecule has 1 aliphatic rings. The number of anilines is 1. The van der Waals surface area contributed by atoms with Crippen LogP contribution in [0.1, 0.15) is 44.2 Å². The minimum atomic E-state index is -0.489. The smallest absolute Gasteiger partial charge is 0.234 e. The van der Waals surface area contributed by atoms with Crippen LogP contribution in [0.25, 0.3) is 0 Å². The lowest BCUT2D eigenvalue weighted by Crippen LogP contribution is -2.42. The zero-order valence-corrected chi connectivity index (χ0v) is 12.8. The predicted molar refractivity (Wildman–Crippen MR) is 81.1 cm³/mol. The molecule has 21 heavy (non-hydrogen) atoms. The summed E-state index contributed by atoms with van der Waals surface area (Å²) in [6, 6.07) is 1.72. The van der Waals surface area contributed by atoms with E-state index in [1.165, 1.54) is 12.8 Å². The summed E-state index contributed by atoms with van der Waals surface area (Å²) in [5.74, 6) is 0.661. The number of nitrogens with zero attached hydrogens (tertiary/aromatic N) is 2. The zero-order valence-electron chi connectivity index (χ0n) is 12.8. The molecular weight excluding hydrogens is 268 g/mol. The van der Waals surface area contributed by atoms with Gasteiger partial charge in [0, 0.05) is 18.3 Å². The van der Waals surface area contributed by atoms with Crippen molar-refractivity contribution >= 4 is 11.9 Å². The second kappa shape index (κ2) is 6.85. The monoisotopic (exact) mass is 292 g/mol. The summed E-state index contributed by atoms with van der Waals surface area (Å²) < 4.78 is 5.11. The zero-order chi connectivity index (χ0) is 15.3. The molecule has 1 aromatic rings. The van der Waals surface area contributed by atoms with Crippen LogP contribution in [0, 0.1) is 12.3 Å². The van der Waals surface area contributed by atoms with Crippen molar-refractivity contribution in [3.05, 3.63) is 11.8 Å². The van der Waals surface area contributed by atoms with Gasteiger partial charge in [0.15, 0.2) is 0 Å². The van der Waals surface area contributed by atoms with Gasteiger partial charge in [-0.15, -0.1) is 0 Å². The highest BCUT2D eigenvalue weighted by atomic mass is 16.5. The molecule has 1 heterocycles. The molecular formula is C15H24N4O2. The number of aromatic nitrogens is 2. The number of carbonyl (C=O) groups excluding carboxylic acids is 1. The lowest BCUT2D eigenvalue weighted by atomic mass is 9.79. The number of hydrogen-bond donors (Lipinski definition) is 2. The van der Waals surface area contributed by atoms with Crippen molar-refractivity contribution in [1.29, 1.82) is 0 Å². The molecule has 6 heteroatoms. The number of rotatable bonds is 4. The number of carbonyl (C=O) groups is 1. The van der Waals surface area contributed by atoms with Crippen molar-refractivity contribution in [2.45, 2.75) is 45.4 Å². The summed E-state index contributed by atoms with van der Waals surface area (Å²) in [6.45, 7) is 2.20. The molecule has 6 nitrogen and oxygen atoms in total. The molecule has 3 N–H and O–H groups in total. The van der Waals surface area contributed by atoms with Gasteiger partial charge in [-0.05, 0) is 19.8 Å². The largest absolute Gasteiger partial charge is 0.481 e. The third-order valence-electron chi connectivity index (χ3n) is 4.20. The van der Waals surface area contributed by atoms with E-state index in [0.717, 1.165) is 31.4 Å². The molecule has 116 valence electrons. The molecule has 0 atom stereocenters. The predicted octanol–water partition coefficient (Wildman–Crippen LogP) is 2.03. The van der Waals surface area contributed by atoms with E-state index in [2.05, 4.69) is 15.3 Å². The molecule has 0 saturated heterocycles. The fraction of sp³-hybridized carbons (Fsp3) is 0.667. The maximum Gasteiger partial charge on any atom is 0.234 e. The van der Waals surface area contributed by atoms with Gasteiger partial charge in [-0.1, -0.05) is 25.7 Å². The van der Waals surface area contributed by atoms with Gasteiger partial charge in [-0.3, -0.25) is 10.1 Å². The molecule has 0 aliphatic heterocycles. The van der Waals surface area contributed by atoms with E-state index in [-0.39, 0.29) is 11.9 Å². The Morgan fingerprint density at radius 1 is 1.33 bits per heavy atom. The number of nitrogens with two attached hydrogens (primary N) is 1.